The van der Waals surface area contributed by atoms with Crippen LogP contribution in [0.15, 0.2) is 0 Å². The molecule has 5 N–H and O–H groups in total. The van der Waals surface area contributed by atoms with E-state index in [4.69, 9.17) is 25.5 Å². The molecule has 0 unspecified atom stereocenters. The lowest BCUT2D eigenvalue weighted by molar-refractivity contribution is -0.136. The third kappa shape index (κ3) is 2.84. The van der Waals surface area contributed by atoms with Crippen LogP contribution in [0, 0.1) is 0 Å². The third-order valence-electron chi connectivity index (χ3n) is 1.42. The van der Waals surface area contributed by atoms with Crippen molar-refractivity contribution in [2.24, 2.45) is 0 Å². The number of hydrogen-bond donors (Lipinski definition) is 5. The fourth-order valence-electron chi connectivity index (χ4n) is 0.618. The van der Waals surface area contributed by atoms with Gasteiger partial charge in [-0.15, -0.1) is 0 Å². The van der Waals surface area contributed by atoms with Crippen molar-refractivity contribution in [1.82, 2.24) is 0 Å². The number of hydrogen-bond acceptors (Lipinski definition) is 6. The topological polar surface area (TPSA) is 118 Å². The van der Waals surface area contributed by atoms with Gasteiger partial charge in [-0.2, -0.15) is 0 Å². The van der Waals surface area contributed by atoms with Gasteiger partial charge in [0.25, 0.3) is 0 Å². The zero-order chi connectivity index (χ0) is 9.72. The van der Waals surface area contributed by atoms with Crippen molar-refractivity contribution in [3.63, 3.8) is 0 Å². The van der Waals surface area contributed by atoms with Crippen molar-refractivity contribution in [1.29, 1.82) is 0 Å². The Kier molecular flexibility index (Phi) is 4.95. The summed E-state index contributed by atoms with van der Waals surface area (Å²) in [5, 5.41) is 43.5. The molecule has 0 aliphatic heterocycles. The fraction of sp³-hybridized carbons (Fsp3) is 0.833. The average molecular weight is 182 g/mol. The van der Waals surface area contributed by atoms with Crippen LogP contribution in [0.25, 0.3) is 0 Å². The molecular weight excluding hydrogens is 170 g/mol. The minimum atomic E-state index is -1.79. The standard InChI is InChI=1S/C6H12O6/c7-1-3(9)5(11)6(12)4(10)2-8/h1,3-6,8-12H,2H2/t3-,4+,5-,6-/m1/s1/i3+1,4+1. The van der Waals surface area contributed by atoms with Gasteiger partial charge in [0, 0.05) is 0 Å². The monoisotopic (exact) mass is 182 g/mol. The van der Waals surface area contributed by atoms with Crippen molar-refractivity contribution in [3.8, 4) is 0 Å². The van der Waals surface area contributed by atoms with E-state index >= 15 is 0 Å². The van der Waals surface area contributed by atoms with Crippen LogP contribution in [0.2, 0.25) is 0 Å². The molecule has 0 aromatic rings. The van der Waals surface area contributed by atoms with Gasteiger partial charge in [-0.3, -0.25) is 0 Å². The number of aliphatic hydroxyl groups is 5. The lowest BCUT2D eigenvalue weighted by Gasteiger charge is -2.22. The number of carbonyl (C=O) groups is 1. The van der Waals surface area contributed by atoms with Crippen LogP contribution in [0.3, 0.4) is 0 Å². The normalized spacial score (nSPS) is 21.1. The SMILES string of the molecule is O=C[13C@@H](O)[C@@H](O)[C@H](O)[13C@@H](O)CO. The second kappa shape index (κ2) is 5.18. The summed E-state index contributed by atoms with van der Waals surface area (Å²) in [6, 6.07) is 0. The Morgan fingerprint density at radius 3 is 1.92 bits per heavy atom. The molecule has 0 aromatic carbocycles. The minimum Gasteiger partial charge on any atom is -0.394 e. The van der Waals surface area contributed by atoms with E-state index in [-0.39, 0.29) is 6.29 Å². The van der Waals surface area contributed by atoms with Crippen molar-refractivity contribution in [3.05, 3.63) is 0 Å². The zero-order valence-corrected chi connectivity index (χ0v) is 6.24. The number of carbonyl (C=O) groups excluding carboxylic acids is 1. The molecule has 0 saturated carbocycles. The molecule has 0 heterocycles. The Labute approximate surface area is 68.7 Å². The predicted octanol–water partition coefficient (Wildman–Crippen LogP) is -3.38. The summed E-state index contributed by atoms with van der Waals surface area (Å²) >= 11 is 0. The third-order valence-corrected chi connectivity index (χ3v) is 1.42. The summed E-state index contributed by atoms with van der Waals surface area (Å²) in [6.07, 6.45) is -6.84. The van der Waals surface area contributed by atoms with Gasteiger partial charge in [0.1, 0.15) is 24.4 Å². The van der Waals surface area contributed by atoms with E-state index in [1.165, 1.54) is 0 Å². The molecule has 0 radical (unpaired) electrons. The maximum absolute atomic E-state index is 9.90. The molecule has 0 aliphatic rings. The molecule has 6 heteroatoms. The van der Waals surface area contributed by atoms with Crippen LogP contribution in [-0.4, -0.2) is 62.8 Å². The minimum absolute atomic E-state index is 0.0258. The van der Waals surface area contributed by atoms with Crippen LogP contribution in [-0.2, 0) is 4.79 Å². The molecule has 0 amide bonds. The van der Waals surface area contributed by atoms with E-state index in [2.05, 4.69) is 0 Å². The maximum atomic E-state index is 9.90. The molecule has 6 nitrogen and oxygen atoms in total. The summed E-state index contributed by atoms with van der Waals surface area (Å²) in [5.41, 5.74) is 0. The van der Waals surface area contributed by atoms with Gasteiger partial charge < -0.3 is 30.3 Å². The fourth-order valence-corrected chi connectivity index (χ4v) is 0.618. The smallest absolute Gasteiger partial charge is 0.151 e. The Balaban J connectivity index is 4.07. The molecule has 0 bridgehead atoms. The first kappa shape index (κ1) is 11.5. The second-order valence-corrected chi connectivity index (χ2v) is 2.36. The largest absolute Gasteiger partial charge is 0.394 e. The first-order chi connectivity index (χ1) is 5.54. The number of aliphatic hydroxyl groups excluding tert-OH is 5. The van der Waals surface area contributed by atoms with Gasteiger partial charge in [0.05, 0.1) is 6.61 Å². The van der Waals surface area contributed by atoms with Gasteiger partial charge in [0.15, 0.2) is 6.29 Å². The highest BCUT2D eigenvalue weighted by atomic mass is 16.5. The Morgan fingerprint density at radius 2 is 1.58 bits per heavy atom. The lowest BCUT2D eigenvalue weighted by Crippen LogP contribution is -2.46. The number of aldehydes is 1. The molecule has 0 aliphatic carbocycles. The summed E-state index contributed by atoms with van der Waals surface area (Å²) in [6.45, 7) is -0.760. The van der Waals surface area contributed by atoms with Crippen LogP contribution >= 0.6 is 0 Å². The zero-order valence-electron chi connectivity index (χ0n) is 6.24. The van der Waals surface area contributed by atoms with Gasteiger partial charge in [-0.05, 0) is 0 Å². The van der Waals surface area contributed by atoms with Crippen molar-refractivity contribution in [2.45, 2.75) is 24.4 Å². The summed E-state index contributed by atoms with van der Waals surface area (Å²) < 4.78 is 0. The lowest BCUT2D eigenvalue weighted by atomic mass is 10.3. The van der Waals surface area contributed by atoms with Gasteiger partial charge in [0.2, 0.25) is 0 Å². The molecule has 72 valence electrons. The molecule has 4 atom stereocenters. The molecule has 0 fully saturated rings. The van der Waals surface area contributed by atoms with E-state index in [9.17, 15) is 4.79 Å². The van der Waals surface area contributed by atoms with Crippen LogP contribution in [0.4, 0.5) is 0 Å². The van der Waals surface area contributed by atoms with Crippen molar-refractivity contribution < 1.29 is 30.3 Å². The molecule has 0 rings (SSSR count). The van der Waals surface area contributed by atoms with Gasteiger partial charge >= 0.3 is 0 Å². The molecule has 0 aromatic heterocycles. The Morgan fingerprint density at radius 1 is 1.08 bits per heavy atom. The summed E-state index contributed by atoms with van der Waals surface area (Å²) in [7, 11) is 0. The summed E-state index contributed by atoms with van der Waals surface area (Å²) in [5.74, 6) is 0. The molecule has 12 heavy (non-hydrogen) atoms. The van der Waals surface area contributed by atoms with Crippen LogP contribution in [0.1, 0.15) is 0 Å². The first-order valence-electron chi connectivity index (χ1n) is 3.33. The highest BCUT2D eigenvalue weighted by Crippen LogP contribution is 2.02. The maximum Gasteiger partial charge on any atom is 0.151 e. The van der Waals surface area contributed by atoms with Crippen LogP contribution < -0.4 is 0 Å². The summed E-state index contributed by atoms with van der Waals surface area (Å²) in [4.78, 5) is 9.90. The second-order valence-electron chi connectivity index (χ2n) is 2.36. The van der Waals surface area contributed by atoms with E-state index in [0.29, 0.717) is 0 Å². The first-order valence-corrected chi connectivity index (χ1v) is 3.33. The number of rotatable bonds is 5. The predicted molar refractivity (Wildman–Crippen MR) is 37.2 cm³/mol. The molecule has 0 saturated heterocycles. The quantitative estimate of drug-likeness (QED) is 0.223. The Hall–Kier alpha value is -0.530. The van der Waals surface area contributed by atoms with Crippen molar-refractivity contribution >= 4 is 6.29 Å². The molecule has 0 spiro atoms. The van der Waals surface area contributed by atoms with Crippen LogP contribution in [0.5, 0.6) is 0 Å². The van der Waals surface area contributed by atoms with Crippen molar-refractivity contribution in [2.75, 3.05) is 6.61 Å². The van der Waals surface area contributed by atoms with E-state index in [0.717, 1.165) is 0 Å². The highest BCUT2D eigenvalue weighted by Gasteiger charge is 2.29. The van der Waals surface area contributed by atoms with E-state index in [1.54, 1.807) is 0 Å². The Bertz CT molecular complexity index is 138. The van der Waals surface area contributed by atoms with E-state index in [1.807, 2.05) is 0 Å². The molecular formula is C6H12O6. The van der Waals surface area contributed by atoms with E-state index < -0.39 is 31.0 Å². The highest BCUT2D eigenvalue weighted by molar-refractivity contribution is 5.56. The van der Waals surface area contributed by atoms with Gasteiger partial charge in [-0.25, -0.2) is 0 Å². The average Bonchev–Trinajstić information content (AvgIpc) is 2.12. The van der Waals surface area contributed by atoms with Gasteiger partial charge in [-0.1, -0.05) is 0 Å².